The molecule has 0 aliphatic heterocycles. The lowest BCUT2D eigenvalue weighted by Crippen LogP contribution is -2.37. The molecule has 0 bridgehead atoms. The molecule has 116 valence electrons. The fourth-order valence-electron chi connectivity index (χ4n) is 2.49. The maximum atomic E-state index is 11.8. The molecule has 0 radical (unpaired) electrons. The smallest absolute Gasteiger partial charge is 0.348 e. The van der Waals surface area contributed by atoms with Crippen LogP contribution in [0.5, 0.6) is 0 Å². The molecule has 0 aromatic carbocycles. The highest BCUT2D eigenvalue weighted by Gasteiger charge is 2.17. The van der Waals surface area contributed by atoms with Gasteiger partial charge < -0.3 is 15.8 Å². The molecule has 5 nitrogen and oxygen atoms in total. The molecule has 1 aliphatic rings. The Morgan fingerprint density at radius 1 is 1.33 bits per heavy atom. The fraction of sp³-hybridized carbons (Fsp3) is 0.600. The Bertz CT molecular complexity index is 486. The van der Waals surface area contributed by atoms with Crippen molar-refractivity contribution in [2.45, 2.75) is 51.5 Å². The largest absolute Gasteiger partial charge is 0.451 e. The molecular formula is C15H22N2O3S. The monoisotopic (exact) mass is 310 g/mol. The molecule has 0 spiro atoms. The van der Waals surface area contributed by atoms with Gasteiger partial charge in [0.25, 0.3) is 5.91 Å². The number of nitrogens with one attached hydrogen (secondary N) is 1. The molecule has 6 heteroatoms. The Kier molecular flexibility index (Phi) is 5.61. The van der Waals surface area contributed by atoms with Crippen molar-refractivity contribution in [3.8, 4) is 0 Å². The molecule has 21 heavy (non-hydrogen) atoms. The van der Waals surface area contributed by atoms with Crippen LogP contribution < -0.4 is 11.1 Å². The van der Waals surface area contributed by atoms with E-state index in [1.807, 2.05) is 6.92 Å². The summed E-state index contributed by atoms with van der Waals surface area (Å²) in [7, 11) is 0. The van der Waals surface area contributed by atoms with Crippen molar-refractivity contribution < 1.29 is 14.3 Å². The standard InChI is InChI=1S/C15H22N2O3S/c1-10-12(16)8-13(21-10)15(19)20-9-14(18)17-11-6-4-2-3-5-7-11/h8,11H,2-7,9,16H2,1H3,(H,17,18). The molecular weight excluding hydrogens is 288 g/mol. The fourth-order valence-corrected chi connectivity index (χ4v) is 3.33. The van der Waals surface area contributed by atoms with Gasteiger partial charge in [0, 0.05) is 16.6 Å². The molecule has 1 aliphatic carbocycles. The van der Waals surface area contributed by atoms with Crippen LogP contribution >= 0.6 is 11.3 Å². The summed E-state index contributed by atoms with van der Waals surface area (Å²) >= 11 is 1.28. The van der Waals surface area contributed by atoms with Crippen molar-refractivity contribution in [2.24, 2.45) is 0 Å². The minimum atomic E-state index is -0.490. The van der Waals surface area contributed by atoms with Gasteiger partial charge in [-0.1, -0.05) is 25.7 Å². The van der Waals surface area contributed by atoms with E-state index in [-0.39, 0.29) is 18.6 Å². The molecule has 1 amide bonds. The minimum Gasteiger partial charge on any atom is -0.451 e. The van der Waals surface area contributed by atoms with Gasteiger partial charge in [0.05, 0.1) is 0 Å². The van der Waals surface area contributed by atoms with Crippen LogP contribution in [0.2, 0.25) is 0 Å². The molecule has 0 saturated heterocycles. The van der Waals surface area contributed by atoms with Crippen LogP contribution in [0.4, 0.5) is 5.69 Å². The van der Waals surface area contributed by atoms with Gasteiger partial charge >= 0.3 is 5.97 Å². The number of carbonyl (C=O) groups excluding carboxylic acids is 2. The predicted molar refractivity (Wildman–Crippen MR) is 83.4 cm³/mol. The maximum absolute atomic E-state index is 11.8. The highest BCUT2D eigenvalue weighted by molar-refractivity contribution is 7.14. The Labute approximate surface area is 128 Å². The number of hydrogen-bond donors (Lipinski definition) is 2. The first-order chi connectivity index (χ1) is 10.1. The number of aryl methyl sites for hydroxylation is 1. The summed E-state index contributed by atoms with van der Waals surface area (Å²) in [6.07, 6.45) is 6.80. The zero-order chi connectivity index (χ0) is 15.2. The normalized spacial score (nSPS) is 16.2. The summed E-state index contributed by atoms with van der Waals surface area (Å²) in [6, 6.07) is 1.81. The molecule has 2 rings (SSSR count). The number of nitrogen functional groups attached to an aromatic ring is 1. The SMILES string of the molecule is Cc1sc(C(=O)OCC(=O)NC2CCCCCC2)cc1N. The first kappa shape index (κ1) is 15.8. The number of esters is 1. The zero-order valence-electron chi connectivity index (χ0n) is 12.3. The predicted octanol–water partition coefficient (Wildman–Crippen LogP) is 2.63. The lowest BCUT2D eigenvalue weighted by atomic mass is 10.1. The van der Waals surface area contributed by atoms with E-state index in [1.165, 1.54) is 24.2 Å². The van der Waals surface area contributed by atoms with Crippen LogP contribution in [-0.4, -0.2) is 24.5 Å². The van der Waals surface area contributed by atoms with Gasteiger partial charge in [-0.3, -0.25) is 4.79 Å². The third-order valence-corrected chi connectivity index (χ3v) is 4.76. The third kappa shape index (κ3) is 4.74. The molecule has 1 saturated carbocycles. The van der Waals surface area contributed by atoms with Crippen LogP contribution in [0.25, 0.3) is 0 Å². The zero-order valence-corrected chi connectivity index (χ0v) is 13.1. The third-order valence-electron chi connectivity index (χ3n) is 3.71. The highest BCUT2D eigenvalue weighted by atomic mass is 32.1. The second-order valence-electron chi connectivity index (χ2n) is 5.45. The van der Waals surface area contributed by atoms with Gasteiger partial charge in [-0.15, -0.1) is 11.3 Å². The molecule has 1 aromatic heterocycles. The van der Waals surface area contributed by atoms with Crippen LogP contribution in [0.3, 0.4) is 0 Å². The lowest BCUT2D eigenvalue weighted by Gasteiger charge is -2.15. The van der Waals surface area contributed by atoms with Crippen LogP contribution in [0, 0.1) is 6.92 Å². The first-order valence-corrected chi connectivity index (χ1v) is 8.20. The van der Waals surface area contributed by atoms with Gasteiger partial charge in [0.15, 0.2) is 6.61 Å². The average molecular weight is 310 g/mol. The van der Waals surface area contributed by atoms with Gasteiger partial charge in [-0.05, 0) is 25.8 Å². The topological polar surface area (TPSA) is 81.4 Å². The van der Waals surface area contributed by atoms with Crippen molar-refractivity contribution in [1.29, 1.82) is 0 Å². The van der Waals surface area contributed by atoms with Crippen molar-refractivity contribution in [2.75, 3.05) is 12.3 Å². The van der Waals surface area contributed by atoms with E-state index in [2.05, 4.69) is 5.32 Å². The lowest BCUT2D eigenvalue weighted by molar-refractivity contribution is -0.125. The summed E-state index contributed by atoms with van der Waals surface area (Å²) in [4.78, 5) is 25.0. The summed E-state index contributed by atoms with van der Waals surface area (Å²) in [6.45, 7) is 1.61. The van der Waals surface area contributed by atoms with Crippen molar-refractivity contribution >= 4 is 28.9 Å². The Balaban J connectivity index is 1.76. The van der Waals surface area contributed by atoms with E-state index < -0.39 is 5.97 Å². The second-order valence-corrected chi connectivity index (χ2v) is 6.71. The number of nitrogens with two attached hydrogens (primary N) is 1. The first-order valence-electron chi connectivity index (χ1n) is 7.38. The number of rotatable bonds is 4. The van der Waals surface area contributed by atoms with E-state index in [9.17, 15) is 9.59 Å². The molecule has 0 atom stereocenters. The van der Waals surface area contributed by atoms with Crippen LogP contribution in [-0.2, 0) is 9.53 Å². The number of hydrogen-bond acceptors (Lipinski definition) is 5. The number of amides is 1. The van der Waals surface area contributed by atoms with Gasteiger partial charge in [-0.2, -0.15) is 0 Å². The van der Waals surface area contributed by atoms with E-state index in [0.717, 1.165) is 30.6 Å². The van der Waals surface area contributed by atoms with Crippen LogP contribution in [0.1, 0.15) is 53.1 Å². The number of thiophene rings is 1. The Hall–Kier alpha value is -1.56. The van der Waals surface area contributed by atoms with Gasteiger partial charge in [0.1, 0.15) is 4.88 Å². The molecule has 1 heterocycles. The van der Waals surface area contributed by atoms with E-state index >= 15 is 0 Å². The van der Waals surface area contributed by atoms with E-state index in [4.69, 9.17) is 10.5 Å². The number of carbonyl (C=O) groups is 2. The van der Waals surface area contributed by atoms with Gasteiger partial charge in [0.2, 0.25) is 0 Å². The van der Waals surface area contributed by atoms with Crippen molar-refractivity contribution in [1.82, 2.24) is 5.32 Å². The minimum absolute atomic E-state index is 0.221. The van der Waals surface area contributed by atoms with Crippen molar-refractivity contribution in [3.63, 3.8) is 0 Å². The average Bonchev–Trinajstić information content (AvgIpc) is 2.67. The quantitative estimate of drug-likeness (QED) is 0.661. The molecule has 3 N–H and O–H groups in total. The van der Waals surface area contributed by atoms with E-state index in [1.54, 1.807) is 6.07 Å². The summed E-state index contributed by atoms with van der Waals surface area (Å²) < 4.78 is 5.03. The molecule has 1 aromatic rings. The Morgan fingerprint density at radius 3 is 2.57 bits per heavy atom. The molecule has 0 unspecified atom stereocenters. The summed E-state index contributed by atoms with van der Waals surface area (Å²) in [5.74, 6) is -0.715. The Morgan fingerprint density at radius 2 is 2.00 bits per heavy atom. The van der Waals surface area contributed by atoms with Gasteiger partial charge in [-0.25, -0.2) is 4.79 Å². The second kappa shape index (κ2) is 7.45. The van der Waals surface area contributed by atoms with Crippen LogP contribution in [0.15, 0.2) is 6.07 Å². The molecule has 1 fully saturated rings. The summed E-state index contributed by atoms with van der Waals surface area (Å²) in [5.41, 5.74) is 6.27. The number of ether oxygens (including phenoxy) is 1. The maximum Gasteiger partial charge on any atom is 0.348 e. The van der Waals surface area contributed by atoms with Crippen molar-refractivity contribution in [3.05, 3.63) is 15.8 Å². The number of anilines is 1. The van der Waals surface area contributed by atoms with E-state index in [0.29, 0.717) is 10.6 Å². The highest BCUT2D eigenvalue weighted by Crippen LogP contribution is 2.24. The summed E-state index contributed by atoms with van der Waals surface area (Å²) in [5, 5.41) is 2.94.